The fraction of sp³-hybridized carbons (Fsp3) is 0.381. The van der Waals surface area contributed by atoms with E-state index in [1.807, 2.05) is 35.4 Å². The number of H-pyrrole nitrogens is 1. The van der Waals surface area contributed by atoms with Crippen LogP contribution in [-0.2, 0) is 12.0 Å². The smallest absolute Gasteiger partial charge is 0.266 e. The Kier molecular flexibility index (Phi) is 4.13. The molecule has 6 heteroatoms. The van der Waals surface area contributed by atoms with Gasteiger partial charge in [-0.3, -0.25) is 9.59 Å². The van der Waals surface area contributed by atoms with Gasteiger partial charge in [0, 0.05) is 53.2 Å². The Hall–Kier alpha value is -2.89. The van der Waals surface area contributed by atoms with Crippen molar-refractivity contribution in [3.05, 3.63) is 64.2 Å². The van der Waals surface area contributed by atoms with E-state index in [0.29, 0.717) is 25.2 Å². The van der Waals surface area contributed by atoms with Gasteiger partial charge in [0.15, 0.2) is 0 Å². The van der Waals surface area contributed by atoms with Crippen LogP contribution in [-0.4, -0.2) is 38.7 Å². The normalized spacial score (nSPS) is 15.1. The summed E-state index contributed by atoms with van der Waals surface area (Å²) in [5.41, 5.74) is 2.43. The Morgan fingerprint density at radius 2 is 1.96 bits per heavy atom. The summed E-state index contributed by atoms with van der Waals surface area (Å²) in [5.74, 6) is 0.295. The molecule has 1 aromatic carbocycles. The quantitative estimate of drug-likeness (QED) is 0.777. The Labute approximate surface area is 157 Å². The lowest BCUT2D eigenvalue weighted by molar-refractivity contribution is 0.0458. The zero-order valence-corrected chi connectivity index (χ0v) is 15.9. The summed E-state index contributed by atoms with van der Waals surface area (Å²) in [5, 5.41) is 5.55. The van der Waals surface area contributed by atoms with Gasteiger partial charge in [-0.2, -0.15) is 5.10 Å². The van der Waals surface area contributed by atoms with Crippen molar-refractivity contribution in [2.45, 2.75) is 32.7 Å². The van der Waals surface area contributed by atoms with Gasteiger partial charge in [-0.05, 0) is 30.3 Å². The third kappa shape index (κ3) is 3.39. The highest BCUT2D eigenvalue weighted by Gasteiger charge is 2.32. The van der Waals surface area contributed by atoms with E-state index < -0.39 is 0 Å². The van der Waals surface area contributed by atoms with Crippen molar-refractivity contribution in [2.75, 3.05) is 13.1 Å². The molecule has 3 heterocycles. The first-order valence-electron chi connectivity index (χ1n) is 9.26. The second-order valence-electron chi connectivity index (χ2n) is 8.34. The second kappa shape index (κ2) is 6.37. The van der Waals surface area contributed by atoms with Crippen molar-refractivity contribution >= 4 is 16.8 Å². The van der Waals surface area contributed by atoms with Crippen molar-refractivity contribution in [1.82, 2.24) is 19.7 Å². The maximum Gasteiger partial charge on any atom is 0.266 e. The molecule has 0 saturated carbocycles. The highest BCUT2D eigenvalue weighted by Crippen LogP contribution is 2.23. The number of hydrogen-bond donors (Lipinski definition) is 1. The molecule has 1 fully saturated rings. The van der Waals surface area contributed by atoms with Gasteiger partial charge in [0.2, 0.25) is 0 Å². The first-order valence-corrected chi connectivity index (χ1v) is 9.26. The van der Waals surface area contributed by atoms with Crippen LogP contribution in [0, 0.1) is 5.92 Å². The minimum Gasteiger partial charge on any atom is -0.361 e. The number of hydrogen-bond acceptors (Lipinski definition) is 3. The number of aromatic nitrogens is 3. The fourth-order valence-electron chi connectivity index (χ4n) is 3.44. The van der Waals surface area contributed by atoms with E-state index in [1.165, 1.54) is 0 Å². The first-order chi connectivity index (χ1) is 12.8. The van der Waals surface area contributed by atoms with Crippen LogP contribution < -0.4 is 5.56 Å². The first kappa shape index (κ1) is 17.5. The number of nitrogens with zero attached hydrogens (tertiary/aromatic N) is 3. The van der Waals surface area contributed by atoms with Crippen LogP contribution in [0.25, 0.3) is 10.9 Å². The van der Waals surface area contributed by atoms with Crippen LogP contribution in [0.15, 0.2) is 47.4 Å². The standard InChI is InChI=1S/C21H24N4O2/c1-21(2,3)18-6-7-19(26)25(23-18)13-14-11-24(12-14)20(27)16-4-5-17-15(10-16)8-9-22-17/h4-10,14,22H,11-13H2,1-3H3. The van der Waals surface area contributed by atoms with Crippen LogP contribution in [0.1, 0.15) is 36.8 Å². The molecule has 1 aliphatic rings. The van der Waals surface area contributed by atoms with Gasteiger partial charge >= 0.3 is 0 Å². The zero-order valence-electron chi connectivity index (χ0n) is 15.9. The van der Waals surface area contributed by atoms with Gasteiger partial charge in [0.25, 0.3) is 11.5 Å². The zero-order chi connectivity index (χ0) is 19.2. The van der Waals surface area contributed by atoms with Crippen molar-refractivity contribution in [1.29, 1.82) is 0 Å². The van der Waals surface area contributed by atoms with Crippen LogP contribution in [0.5, 0.6) is 0 Å². The predicted octanol–water partition coefficient (Wildman–Crippen LogP) is 2.79. The Balaban J connectivity index is 1.42. The van der Waals surface area contributed by atoms with Crippen molar-refractivity contribution < 1.29 is 4.79 Å². The molecule has 0 atom stereocenters. The summed E-state index contributed by atoms with van der Waals surface area (Å²) in [7, 11) is 0. The molecule has 1 amide bonds. The third-order valence-electron chi connectivity index (χ3n) is 5.11. The molecular formula is C21H24N4O2. The molecule has 1 N–H and O–H groups in total. The Morgan fingerprint density at radius 1 is 1.19 bits per heavy atom. The molecule has 4 rings (SSSR count). The molecule has 0 bridgehead atoms. The molecule has 2 aromatic heterocycles. The van der Waals surface area contributed by atoms with Gasteiger partial charge in [-0.1, -0.05) is 20.8 Å². The van der Waals surface area contributed by atoms with E-state index >= 15 is 0 Å². The van der Waals surface area contributed by atoms with Gasteiger partial charge < -0.3 is 9.88 Å². The summed E-state index contributed by atoms with van der Waals surface area (Å²) in [6.07, 6.45) is 1.87. The topological polar surface area (TPSA) is 71.0 Å². The number of nitrogens with one attached hydrogen (secondary N) is 1. The van der Waals surface area contributed by atoms with Crippen molar-refractivity contribution in [3.8, 4) is 0 Å². The maximum atomic E-state index is 12.7. The summed E-state index contributed by atoms with van der Waals surface area (Å²) in [6.45, 7) is 8.08. The maximum absolute atomic E-state index is 12.7. The van der Waals surface area contributed by atoms with Gasteiger partial charge in [0.05, 0.1) is 12.2 Å². The van der Waals surface area contributed by atoms with E-state index in [2.05, 4.69) is 30.9 Å². The van der Waals surface area contributed by atoms with E-state index in [4.69, 9.17) is 0 Å². The number of aromatic amines is 1. The van der Waals surface area contributed by atoms with E-state index in [1.54, 1.807) is 16.8 Å². The average Bonchev–Trinajstić information content (AvgIpc) is 3.05. The third-order valence-corrected chi connectivity index (χ3v) is 5.11. The molecule has 3 aromatic rings. The fourth-order valence-corrected chi connectivity index (χ4v) is 3.44. The number of benzene rings is 1. The summed E-state index contributed by atoms with van der Waals surface area (Å²) < 4.78 is 1.54. The Bertz CT molecular complexity index is 1050. The number of carbonyl (C=O) groups excluding carboxylic acids is 1. The SMILES string of the molecule is CC(C)(C)c1ccc(=O)n(CC2CN(C(=O)c3ccc4[nH]ccc4c3)C2)n1. The monoisotopic (exact) mass is 364 g/mol. The molecule has 0 unspecified atom stereocenters. The molecule has 140 valence electrons. The lowest BCUT2D eigenvalue weighted by Gasteiger charge is -2.39. The van der Waals surface area contributed by atoms with Gasteiger partial charge in [-0.15, -0.1) is 0 Å². The van der Waals surface area contributed by atoms with Crippen molar-refractivity contribution in [3.63, 3.8) is 0 Å². The highest BCUT2D eigenvalue weighted by molar-refractivity contribution is 5.98. The predicted molar refractivity (Wildman–Crippen MR) is 105 cm³/mol. The molecule has 0 aliphatic carbocycles. The number of amides is 1. The number of rotatable bonds is 3. The highest BCUT2D eigenvalue weighted by atomic mass is 16.2. The lowest BCUT2D eigenvalue weighted by Crippen LogP contribution is -2.52. The minimum atomic E-state index is -0.103. The van der Waals surface area contributed by atoms with Crippen molar-refractivity contribution in [2.24, 2.45) is 5.92 Å². The second-order valence-corrected chi connectivity index (χ2v) is 8.34. The molecule has 0 spiro atoms. The van der Waals surface area contributed by atoms with Gasteiger partial charge in [0.1, 0.15) is 0 Å². The molecule has 1 aliphatic heterocycles. The summed E-state index contributed by atoms with van der Waals surface area (Å²) >= 11 is 0. The lowest BCUT2D eigenvalue weighted by atomic mass is 9.92. The van der Waals surface area contributed by atoms with Crippen LogP contribution in [0.2, 0.25) is 0 Å². The van der Waals surface area contributed by atoms with Crippen LogP contribution >= 0.6 is 0 Å². The number of fused-ring (bicyclic) bond motifs is 1. The summed E-state index contributed by atoms with van der Waals surface area (Å²) in [6, 6.07) is 11.0. The van der Waals surface area contributed by atoms with Crippen LogP contribution in [0.3, 0.4) is 0 Å². The molecule has 0 radical (unpaired) electrons. The number of carbonyl (C=O) groups is 1. The average molecular weight is 364 g/mol. The Morgan fingerprint density at radius 3 is 2.70 bits per heavy atom. The number of likely N-dealkylation sites (tertiary alicyclic amines) is 1. The van der Waals surface area contributed by atoms with E-state index in [0.717, 1.165) is 16.6 Å². The molecule has 27 heavy (non-hydrogen) atoms. The molecule has 1 saturated heterocycles. The largest absolute Gasteiger partial charge is 0.361 e. The molecule has 6 nitrogen and oxygen atoms in total. The molecular weight excluding hydrogens is 340 g/mol. The summed E-state index contributed by atoms with van der Waals surface area (Å²) in [4.78, 5) is 29.8. The van der Waals surface area contributed by atoms with E-state index in [9.17, 15) is 9.59 Å². The van der Waals surface area contributed by atoms with E-state index in [-0.39, 0.29) is 22.8 Å². The van der Waals surface area contributed by atoms with Crippen LogP contribution in [0.4, 0.5) is 0 Å². The van der Waals surface area contributed by atoms with Gasteiger partial charge in [-0.25, -0.2) is 4.68 Å². The minimum absolute atomic E-state index is 0.0399.